The van der Waals surface area contributed by atoms with Crippen molar-refractivity contribution in [2.24, 2.45) is 0 Å². The number of aromatic amines is 1. The number of hydrogen-bond acceptors (Lipinski definition) is 3. The van der Waals surface area contributed by atoms with Crippen LogP contribution in [0.1, 0.15) is 22.4 Å². The van der Waals surface area contributed by atoms with Crippen molar-refractivity contribution < 1.29 is 9.18 Å². The highest BCUT2D eigenvalue weighted by atomic mass is 35.5. The summed E-state index contributed by atoms with van der Waals surface area (Å²) in [6.45, 7) is 0.686. The fraction of sp³-hybridized carbons (Fsp3) is 0.235. The summed E-state index contributed by atoms with van der Waals surface area (Å²) in [6.07, 6.45) is 0.350. The summed E-state index contributed by atoms with van der Waals surface area (Å²) >= 11 is 5.96. The first-order valence-electron chi connectivity index (χ1n) is 7.35. The van der Waals surface area contributed by atoms with E-state index in [4.69, 9.17) is 16.9 Å². The van der Waals surface area contributed by atoms with Crippen molar-refractivity contribution in [3.05, 3.63) is 67.8 Å². The van der Waals surface area contributed by atoms with Crippen LogP contribution in [0, 0.1) is 17.1 Å². The monoisotopic (exact) mass is 345 g/mol. The van der Waals surface area contributed by atoms with Gasteiger partial charge in [0, 0.05) is 35.8 Å². The van der Waals surface area contributed by atoms with Crippen LogP contribution in [0.5, 0.6) is 0 Å². The molecule has 0 saturated carbocycles. The Hall–Kier alpha value is -2.65. The third kappa shape index (κ3) is 3.03. The first-order valence-corrected chi connectivity index (χ1v) is 7.73. The molecule has 0 bridgehead atoms. The second kappa shape index (κ2) is 6.46. The van der Waals surface area contributed by atoms with Gasteiger partial charge < -0.3 is 9.88 Å². The van der Waals surface area contributed by atoms with Crippen molar-refractivity contribution in [1.29, 1.82) is 5.26 Å². The molecule has 0 aliphatic carbocycles. The summed E-state index contributed by atoms with van der Waals surface area (Å²) in [4.78, 5) is 28.4. The Labute approximate surface area is 142 Å². The molecule has 1 aromatic carbocycles. The Balaban J connectivity index is 1.81. The number of pyridine rings is 1. The molecule has 0 atom stereocenters. The number of nitrogens with zero attached hydrogens (tertiary/aromatic N) is 2. The number of benzene rings is 1. The van der Waals surface area contributed by atoms with E-state index in [1.54, 1.807) is 11.0 Å². The predicted molar refractivity (Wildman–Crippen MR) is 86.0 cm³/mol. The number of fused-ring (bicyclic) bond motifs is 1. The lowest BCUT2D eigenvalue weighted by atomic mass is 10.0. The number of halogens is 2. The number of nitriles is 1. The molecular weight excluding hydrogens is 333 g/mol. The Morgan fingerprint density at radius 3 is 2.96 bits per heavy atom. The second-order valence-corrected chi connectivity index (χ2v) is 5.98. The summed E-state index contributed by atoms with van der Waals surface area (Å²) < 4.78 is 13.8. The normalized spacial score (nSPS) is 13.3. The molecule has 0 radical (unpaired) electrons. The first kappa shape index (κ1) is 16.2. The Morgan fingerprint density at radius 2 is 2.25 bits per heavy atom. The van der Waals surface area contributed by atoms with E-state index >= 15 is 0 Å². The van der Waals surface area contributed by atoms with Crippen LogP contribution >= 0.6 is 11.6 Å². The minimum atomic E-state index is -0.510. The summed E-state index contributed by atoms with van der Waals surface area (Å²) in [5, 5.41) is 9.16. The van der Waals surface area contributed by atoms with E-state index in [2.05, 4.69) is 4.98 Å². The Bertz CT molecular complexity index is 897. The topological polar surface area (TPSA) is 77.0 Å². The van der Waals surface area contributed by atoms with Gasteiger partial charge in [-0.1, -0.05) is 17.7 Å². The van der Waals surface area contributed by atoms with Gasteiger partial charge in [0.05, 0.1) is 6.42 Å². The molecule has 0 unspecified atom stereocenters. The Kier molecular flexibility index (Phi) is 4.36. The number of nitrogens with one attached hydrogen (secondary N) is 1. The molecule has 1 aliphatic rings. The van der Waals surface area contributed by atoms with Gasteiger partial charge in [0.1, 0.15) is 17.4 Å². The maximum Gasteiger partial charge on any atom is 0.266 e. The van der Waals surface area contributed by atoms with Crippen LogP contribution in [0.15, 0.2) is 29.1 Å². The van der Waals surface area contributed by atoms with Crippen molar-refractivity contribution in [3.8, 4) is 6.07 Å². The zero-order valence-electron chi connectivity index (χ0n) is 12.6. The Morgan fingerprint density at radius 1 is 1.46 bits per heavy atom. The minimum Gasteiger partial charge on any atom is -0.338 e. The van der Waals surface area contributed by atoms with Crippen LogP contribution in [0.4, 0.5) is 4.39 Å². The molecule has 7 heteroatoms. The van der Waals surface area contributed by atoms with E-state index in [1.165, 1.54) is 18.2 Å². The van der Waals surface area contributed by atoms with Crippen molar-refractivity contribution in [1.82, 2.24) is 9.88 Å². The van der Waals surface area contributed by atoms with Gasteiger partial charge in [0.15, 0.2) is 0 Å². The van der Waals surface area contributed by atoms with Crippen molar-refractivity contribution in [2.75, 3.05) is 6.54 Å². The third-order valence-corrected chi connectivity index (χ3v) is 4.43. The zero-order valence-corrected chi connectivity index (χ0v) is 13.4. The van der Waals surface area contributed by atoms with E-state index in [9.17, 15) is 14.0 Å². The van der Waals surface area contributed by atoms with Gasteiger partial charge in [-0.15, -0.1) is 0 Å². The molecule has 3 rings (SSSR count). The molecule has 0 fully saturated rings. The van der Waals surface area contributed by atoms with Crippen LogP contribution in [0.3, 0.4) is 0 Å². The van der Waals surface area contributed by atoms with Crippen LogP contribution < -0.4 is 5.56 Å². The minimum absolute atomic E-state index is 0.0141. The van der Waals surface area contributed by atoms with Gasteiger partial charge >= 0.3 is 0 Å². The van der Waals surface area contributed by atoms with E-state index in [-0.39, 0.29) is 35.0 Å². The number of hydrogen-bond donors (Lipinski definition) is 1. The van der Waals surface area contributed by atoms with Crippen LogP contribution in [-0.4, -0.2) is 22.3 Å². The third-order valence-electron chi connectivity index (χ3n) is 4.07. The average molecular weight is 346 g/mol. The molecular formula is C17H13ClFN3O2. The number of H-pyrrole nitrogens is 1. The molecule has 1 N–H and O–H groups in total. The predicted octanol–water partition coefficient (Wildman–Crippen LogP) is 2.17. The average Bonchev–Trinajstić information content (AvgIpc) is 2.57. The van der Waals surface area contributed by atoms with Gasteiger partial charge in [-0.2, -0.15) is 5.26 Å². The lowest BCUT2D eigenvalue weighted by Crippen LogP contribution is -2.38. The molecule has 0 saturated heterocycles. The van der Waals surface area contributed by atoms with E-state index in [0.717, 1.165) is 11.3 Å². The lowest BCUT2D eigenvalue weighted by Gasteiger charge is -2.29. The van der Waals surface area contributed by atoms with Gasteiger partial charge in [0.25, 0.3) is 5.56 Å². The molecule has 24 heavy (non-hydrogen) atoms. The fourth-order valence-electron chi connectivity index (χ4n) is 2.77. The first-order chi connectivity index (χ1) is 11.5. The largest absolute Gasteiger partial charge is 0.338 e. The highest BCUT2D eigenvalue weighted by Gasteiger charge is 2.23. The van der Waals surface area contributed by atoms with Gasteiger partial charge in [-0.3, -0.25) is 9.59 Å². The quantitative estimate of drug-likeness (QED) is 0.906. The van der Waals surface area contributed by atoms with E-state index < -0.39 is 11.4 Å². The van der Waals surface area contributed by atoms with Crippen molar-refractivity contribution >= 4 is 17.5 Å². The fourth-order valence-corrected chi connectivity index (χ4v) is 3.00. The highest BCUT2D eigenvalue weighted by molar-refractivity contribution is 6.31. The van der Waals surface area contributed by atoms with E-state index in [1.807, 2.05) is 6.07 Å². The smallest absolute Gasteiger partial charge is 0.266 e. The number of amides is 1. The maximum atomic E-state index is 13.8. The number of carbonyl (C=O) groups excluding carboxylic acids is 1. The maximum absolute atomic E-state index is 13.8. The van der Waals surface area contributed by atoms with Crippen molar-refractivity contribution in [3.63, 3.8) is 0 Å². The molecule has 2 aromatic rings. The van der Waals surface area contributed by atoms with Crippen molar-refractivity contribution in [2.45, 2.75) is 19.4 Å². The van der Waals surface area contributed by atoms with Gasteiger partial charge in [0.2, 0.25) is 5.91 Å². The lowest BCUT2D eigenvalue weighted by molar-refractivity contribution is -0.131. The number of carbonyl (C=O) groups is 1. The summed E-state index contributed by atoms with van der Waals surface area (Å²) in [6, 6.07) is 7.63. The van der Waals surface area contributed by atoms with Crippen LogP contribution in [-0.2, 0) is 24.2 Å². The number of aromatic nitrogens is 1. The SMILES string of the molecule is N#Cc1cc2c([nH]c1=O)CCN(C(=O)Cc1c(F)cccc1Cl)C2. The van der Waals surface area contributed by atoms with Gasteiger partial charge in [-0.05, 0) is 23.8 Å². The summed E-state index contributed by atoms with van der Waals surface area (Å²) in [5.41, 5.74) is 1.22. The molecule has 1 aliphatic heterocycles. The molecule has 5 nitrogen and oxygen atoms in total. The molecule has 1 amide bonds. The summed E-state index contributed by atoms with van der Waals surface area (Å²) in [5.74, 6) is -0.762. The van der Waals surface area contributed by atoms with Gasteiger partial charge in [-0.25, -0.2) is 4.39 Å². The number of rotatable bonds is 2. The summed E-state index contributed by atoms with van der Waals surface area (Å²) in [7, 11) is 0. The molecule has 1 aromatic heterocycles. The molecule has 2 heterocycles. The van der Waals surface area contributed by atoms with Crippen LogP contribution in [0.25, 0.3) is 0 Å². The van der Waals surface area contributed by atoms with E-state index in [0.29, 0.717) is 13.0 Å². The molecule has 0 spiro atoms. The van der Waals surface area contributed by atoms with Crippen LogP contribution in [0.2, 0.25) is 5.02 Å². The zero-order chi connectivity index (χ0) is 17.3. The molecule has 122 valence electrons. The standard InChI is InChI=1S/C17H13ClFN3O2/c18-13-2-1-3-14(19)12(13)7-16(23)22-5-4-15-11(9-22)6-10(8-20)17(24)21-15/h1-3,6H,4-5,7,9H2,(H,21,24). The highest BCUT2D eigenvalue weighted by Crippen LogP contribution is 2.22. The second-order valence-electron chi connectivity index (χ2n) is 5.57.